The first-order valence-corrected chi connectivity index (χ1v) is 10.1. The predicted octanol–water partition coefficient (Wildman–Crippen LogP) is 3.04. The molecule has 0 saturated heterocycles. The Morgan fingerprint density at radius 1 is 1.11 bits per heavy atom. The van der Waals surface area contributed by atoms with Crippen molar-refractivity contribution in [3.05, 3.63) is 48.0 Å². The van der Waals surface area contributed by atoms with Gasteiger partial charge in [-0.15, -0.1) is 0 Å². The van der Waals surface area contributed by atoms with E-state index in [9.17, 15) is 0 Å². The summed E-state index contributed by atoms with van der Waals surface area (Å²) in [4.78, 5) is 4.36. The van der Waals surface area contributed by atoms with Crippen LogP contribution in [0.25, 0.3) is 0 Å². The third kappa shape index (κ3) is 2.90. The second-order valence-corrected chi connectivity index (χ2v) is 10.8. The fraction of sp³-hybridized carbons (Fsp3) is 0.400. The molecule has 1 heterocycles. The topological polar surface area (TPSA) is 17.8 Å². The Hall–Kier alpha value is -1.35. The zero-order chi connectivity index (χ0) is 13.2. The molecule has 0 bridgehead atoms. The van der Waals surface area contributed by atoms with E-state index in [4.69, 9.17) is 0 Å². The number of aromatic nitrogens is 2. The van der Waals surface area contributed by atoms with Gasteiger partial charge < -0.3 is 4.57 Å². The molecule has 2 aromatic rings. The number of hydrogen-bond donors (Lipinski definition) is 0. The monoisotopic (exact) mass is 258 g/mol. The van der Waals surface area contributed by atoms with Gasteiger partial charge >= 0.3 is 0 Å². The Balaban J connectivity index is 2.16. The highest BCUT2D eigenvalue weighted by atomic mass is 28.3. The summed E-state index contributed by atoms with van der Waals surface area (Å²) in [6, 6.07) is 9.11. The fourth-order valence-electron chi connectivity index (χ4n) is 2.11. The second-order valence-electron chi connectivity index (χ2n) is 5.77. The zero-order valence-corrected chi connectivity index (χ0v) is 12.8. The Morgan fingerprint density at radius 3 is 2.33 bits per heavy atom. The van der Waals surface area contributed by atoms with Crippen LogP contribution in [0.5, 0.6) is 0 Å². The van der Waals surface area contributed by atoms with Crippen LogP contribution < -0.4 is 5.19 Å². The van der Waals surface area contributed by atoms with Gasteiger partial charge in [0.1, 0.15) is 5.82 Å². The smallest absolute Gasteiger partial charge is 0.108 e. The van der Waals surface area contributed by atoms with Crippen LogP contribution in [0, 0.1) is 0 Å². The molecular weight excluding hydrogens is 236 g/mol. The van der Waals surface area contributed by atoms with E-state index in [2.05, 4.69) is 66.6 Å². The SMILES string of the molecule is CCc1nccn1Cc1ccc([Si](C)(C)C)cc1. The molecule has 18 heavy (non-hydrogen) atoms. The van der Waals surface area contributed by atoms with Gasteiger partial charge in [-0.25, -0.2) is 4.98 Å². The van der Waals surface area contributed by atoms with Crippen molar-refractivity contribution >= 4 is 13.3 Å². The number of nitrogens with zero attached hydrogens (tertiary/aromatic N) is 2. The van der Waals surface area contributed by atoms with Gasteiger partial charge in [-0.05, 0) is 5.56 Å². The van der Waals surface area contributed by atoms with Gasteiger partial charge in [-0.3, -0.25) is 0 Å². The third-order valence-electron chi connectivity index (χ3n) is 3.29. The van der Waals surface area contributed by atoms with Crippen molar-refractivity contribution in [2.45, 2.75) is 39.5 Å². The lowest BCUT2D eigenvalue weighted by Gasteiger charge is -2.17. The minimum atomic E-state index is -1.17. The zero-order valence-electron chi connectivity index (χ0n) is 11.8. The van der Waals surface area contributed by atoms with Crippen LogP contribution in [0.3, 0.4) is 0 Å². The van der Waals surface area contributed by atoms with Gasteiger partial charge in [-0.1, -0.05) is 56.0 Å². The molecule has 0 radical (unpaired) electrons. The predicted molar refractivity (Wildman–Crippen MR) is 80.1 cm³/mol. The largest absolute Gasteiger partial charge is 0.331 e. The van der Waals surface area contributed by atoms with E-state index in [1.165, 1.54) is 10.8 Å². The van der Waals surface area contributed by atoms with Crippen molar-refractivity contribution in [1.82, 2.24) is 9.55 Å². The van der Waals surface area contributed by atoms with Crippen LogP contribution >= 0.6 is 0 Å². The summed E-state index contributed by atoms with van der Waals surface area (Å²) in [7, 11) is -1.17. The highest BCUT2D eigenvalue weighted by molar-refractivity contribution is 6.88. The van der Waals surface area contributed by atoms with Crippen molar-refractivity contribution in [3.63, 3.8) is 0 Å². The van der Waals surface area contributed by atoms with Crippen molar-refractivity contribution in [2.75, 3.05) is 0 Å². The number of benzene rings is 1. The van der Waals surface area contributed by atoms with Gasteiger partial charge in [0, 0.05) is 25.4 Å². The molecule has 0 amide bonds. The Kier molecular flexibility index (Phi) is 3.71. The van der Waals surface area contributed by atoms with Gasteiger partial charge in [-0.2, -0.15) is 0 Å². The first-order chi connectivity index (χ1) is 8.50. The molecule has 0 atom stereocenters. The molecule has 0 saturated carbocycles. The summed E-state index contributed by atoms with van der Waals surface area (Å²) in [5, 5.41) is 1.52. The quantitative estimate of drug-likeness (QED) is 0.771. The molecule has 0 fully saturated rings. The summed E-state index contributed by atoms with van der Waals surface area (Å²) < 4.78 is 2.23. The highest BCUT2D eigenvalue weighted by Gasteiger charge is 2.15. The lowest BCUT2D eigenvalue weighted by molar-refractivity contribution is 0.732. The first-order valence-electron chi connectivity index (χ1n) is 6.60. The van der Waals surface area contributed by atoms with Crippen LogP contribution in [-0.4, -0.2) is 17.6 Å². The number of aryl methyl sites for hydroxylation is 1. The molecule has 96 valence electrons. The van der Waals surface area contributed by atoms with E-state index >= 15 is 0 Å². The van der Waals surface area contributed by atoms with E-state index in [0.29, 0.717) is 0 Å². The van der Waals surface area contributed by atoms with E-state index in [-0.39, 0.29) is 0 Å². The number of rotatable bonds is 4. The molecule has 3 heteroatoms. The van der Waals surface area contributed by atoms with Crippen molar-refractivity contribution < 1.29 is 0 Å². The molecule has 2 rings (SSSR count). The van der Waals surface area contributed by atoms with Gasteiger partial charge in [0.15, 0.2) is 0 Å². The molecule has 1 aromatic carbocycles. The molecule has 0 unspecified atom stereocenters. The third-order valence-corrected chi connectivity index (χ3v) is 5.36. The van der Waals surface area contributed by atoms with Crippen molar-refractivity contribution in [1.29, 1.82) is 0 Å². The molecule has 2 nitrogen and oxygen atoms in total. The van der Waals surface area contributed by atoms with Gasteiger partial charge in [0.05, 0.1) is 8.07 Å². The summed E-state index contributed by atoms with van der Waals surface area (Å²) in [5.41, 5.74) is 1.35. The maximum atomic E-state index is 4.36. The normalized spacial score (nSPS) is 11.8. The standard InChI is InChI=1S/C15H22N2Si/c1-5-15-16-10-11-17(15)12-13-6-8-14(9-7-13)18(2,3)4/h6-11H,5,12H2,1-4H3. The fourth-order valence-corrected chi connectivity index (χ4v) is 3.27. The lowest BCUT2D eigenvalue weighted by Crippen LogP contribution is -2.37. The van der Waals surface area contributed by atoms with Crippen molar-refractivity contribution in [3.8, 4) is 0 Å². The number of imidazole rings is 1. The van der Waals surface area contributed by atoms with E-state index < -0.39 is 8.07 Å². The molecule has 0 aliphatic rings. The van der Waals surface area contributed by atoms with Crippen LogP contribution in [0.1, 0.15) is 18.3 Å². The second kappa shape index (κ2) is 5.10. The van der Waals surface area contributed by atoms with E-state index in [0.717, 1.165) is 18.8 Å². The van der Waals surface area contributed by atoms with Gasteiger partial charge in [0.25, 0.3) is 0 Å². The van der Waals surface area contributed by atoms with Crippen LogP contribution in [0.4, 0.5) is 0 Å². The first kappa shape index (κ1) is 13.1. The summed E-state index contributed by atoms with van der Waals surface area (Å²) in [6.45, 7) is 10.2. The van der Waals surface area contributed by atoms with Gasteiger partial charge in [0.2, 0.25) is 0 Å². The van der Waals surface area contributed by atoms with Crippen molar-refractivity contribution in [2.24, 2.45) is 0 Å². The Morgan fingerprint density at radius 2 is 1.78 bits per heavy atom. The van der Waals surface area contributed by atoms with Crippen LogP contribution in [0.15, 0.2) is 36.7 Å². The minimum Gasteiger partial charge on any atom is -0.331 e. The Labute approximate surface area is 111 Å². The van der Waals surface area contributed by atoms with Crippen LogP contribution in [0.2, 0.25) is 19.6 Å². The lowest BCUT2D eigenvalue weighted by atomic mass is 10.2. The number of hydrogen-bond acceptors (Lipinski definition) is 1. The maximum absolute atomic E-state index is 4.36. The molecule has 1 aromatic heterocycles. The van der Waals surface area contributed by atoms with E-state index in [1.807, 2.05) is 6.20 Å². The van der Waals surface area contributed by atoms with E-state index in [1.54, 1.807) is 0 Å². The molecule has 0 spiro atoms. The highest BCUT2D eigenvalue weighted by Crippen LogP contribution is 2.08. The average Bonchev–Trinajstić information content (AvgIpc) is 2.76. The maximum Gasteiger partial charge on any atom is 0.108 e. The molecule has 0 N–H and O–H groups in total. The summed E-state index contributed by atoms with van der Waals surface area (Å²) >= 11 is 0. The molecule has 0 aliphatic heterocycles. The average molecular weight is 258 g/mol. The van der Waals surface area contributed by atoms with Crippen LogP contribution in [-0.2, 0) is 13.0 Å². The minimum absolute atomic E-state index is 0.926. The summed E-state index contributed by atoms with van der Waals surface area (Å²) in [6.07, 6.45) is 4.93. The summed E-state index contributed by atoms with van der Waals surface area (Å²) in [5.74, 6) is 1.16. The molecular formula is C15H22N2Si. The molecule has 0 aliphatic carbocycles. The Bertz CT molecular complexity index is 506.